The summed E-state index contributed by atoms with van der Waals surface area (Å²) in [6, 6.07) is 5.79. The Kier molecular flexibility index (Phi) is 3.96. The Labute approximate surface area is 128 Å². The molecule has 22 heavy (non-hydrogen) atoms. The minimum atomic E-state index is -0.693. The smallest absolute Gasteiger partial charge is 0.254 e. The summed E-state index contributed by atoms with van der Waals surface area (Å²) >= 11 is 0. The molecule has 1 aromatic heterocycles. The van der Waals surface area contributed by atoms with Crippen LogP contribution in [0.5, 0.6) is 0 Å². The molecule has 0 radical (unpaired) electrons. The molecule has 0 aliphatic carbocycles. The first-order chi connectivity index (χ1) is 10.6. The zero-order valence-corrected chi connectivity index (χ0v) is 12.5. The fourth-order valence-electron chi connectivity index (χ4n) is 2.83. The third kappa shape index (κ3) is 2.75. The lowest BCUT2D eigenvalue weighted by molar-refractivity contribution is 0.0342. The molecule has 0 bridgehead atoms. The standard InChI is InChI=1S/C16H19N3O3/c1-18-10-13(16(17)21)15(20)12-8-11(2-3-14(12)18)9-19-4-6-22-7-5-19/h2-3,8,10H,4-7,9H2,1H3,(H2,17,21). The van der Waals surface area contributed by atoms with Crippen molar-refractivity contribution < 1.29 is 9.53 Å². The molecule has 1 aromatic carbocycles. The van der Waals surface area contributed by atoms with Gasteiger partial charge in [0.05, 0.1) is 18.7 Å². The van der Waals surface area contributed by atoms with E-state index in [9.17, 15) is 9.59 Å². The number of benzene rings is 1. The number of ether oxygens (including phenoxy) is 1. The summed E-state index contributed by atoms with van der Waals surface area (Å²) in [5, 5.41) is 0.532. The second kappa shape index (κ2) is 5.90. The van der Waals surface area contributed by atoms with Gasteiger partial charge < -0.3 is 15.0 Å². The lowest BCUT2D eigenvalue weighted by atomic mass is 10.1. The highest BCUT2D eigenvalue weighted by Crippen LogP contribution is 2.15. The normalized spacial score (nSPS) is 16.0. The van der Waals surface area contributed by atoms with Crippen molar-refractivity contribution in [2.75, 3.05) is 26.3 Å². The number of nitrogens with zero attached hydrogens (tertiary/aromatic N) is 2. The summed E-state index contributed by atoms with van der Waals surface area (Å²) < 4.78 is 7.10. The average molecular weight is 301 g/mol. The first kappa shape index (κ1) is 14.7. The second-order valence-electron chi connectivity index (χ2n) is 5.59. The van der Waals surface area contributed by atoms with Gasteiger partial charge in [-0.05, 0) is 17.7 Å². The van der Waals surface area contributed by atoms with Gasteiger partial charge in [0.1, 0.15) is 5.56 Å². The van der Waals surface area contributed by atoms with E-state index in [1.165, 1.54) is 6.20 Å². The number of morpholine rings is 1. The highest BCUT2D eigenvalue weighted by molar-refractivity contribution is 5.96. The van der Waals surface area contributed by atoms with Crippen molar-refractivity contribution in [1.29, 1.82) is 0 Å². The van der Waals surface area contributed by atoms with Gasteiger partial charge in [-0.2, -0.15) is 0 Å². The molecule has 2 heterocycles. The summed E-state index contributed by atoms with van der Waals surface area (Å²) in [6.45, 7) is 4.01. The second-order valence-corrected chi connectivity index (χ2v) is 5.59. The molecule has 6 heteroatoms. The van der Waals surface area contributed by atoms with E-state index >= 15 is 0 Å². The number of hydrogen-bond donors (Lipinski definition) is 1. The van der Waals surface area contributed by atoms with Crippen LogP contribution in [0.4, 0.5) is 0 Å². The van der Waals surface area contributed by atoms with Gasteiger partial charge in [-0.25, -0.2) is 0 Å². The fraction of sp³-hybridized carbons (Fsp3) is 0.375. The number of carbonyl (C=O) groups is 1. The maximum Gasteiger partial charge on any atom is 0.254 e. The Hall–Kier alpha value is -2.18. The molecular weight excluding hydrogens is 282 g/mol. The van der Waals surface area contributed by atoms with E-state index in [0.717, 1.165) is 43.9 Å². The first-order valence-corrected chi connectivity index (χ1v) is 7.28. The molecule has 0 spiro atoms. The molecule has 1 aliphatic heterocycles. The molecule has 6 nitrogen and oxygen atoms in total. The molecule has 2 aromatic rings. The van der Waals surface area contributed by atoms with Crippen molar-refractivity contribution >= 4 is 16.8 Å². The minimum Gasteiger partial charge on any atom is -0.379 e. The quantitative estimate of drug-likeness (QED) is 0.894. The number of aromatic nitrogens is 1. The fourth-order valence-corrected chi connectivity index (χ4v) is 2.83. The lowest BCUT2D eigenvalue weighted by Crippen LogP contribution is -2.35. The van der Waals surface area contributed by atoms with Gasteiger partial charge in [0.15, 0.2) is 0 Å². The van der Waals surface area contributed by atoms with Crippen molar-refractivity contribution in [2.24, 2.45) is 12.8 Å². The molecular formula is C16H19N3O3. The van der Waals surface area contributed by atoms with Crippen LogP contribution in [-0.2, 0) is 18.3 Å². The zero-order valence-electron chi connectivity index (χ0n) is 12.5. The van der Waals surface area contributed by atoms with Crippen molar-refractivity contribution in [3.8, 4) is 0 Å². The highest BCUT2D eigenvalue weighted by atomic mass is 16.5. The van der Waals surface area contributed by atoms with E-state index in [1.54, 1.807) is 11.6 Å². The molecule has 1 saturated heterocycles. The maximum atomic E-state index is 12.4. The summed E-state index contributed by atoms with van der Waals surface area (Å²) in [5.74, 6) is -0.693. The SMILES string of the molecule is Cn1cc(C(N)=O)c(=O)c2cc(CN3CCOCC3)ccc21. The summed E-state index contributed by atoms with van der Waals surface area (Å²) in [7, 11) is 1.80. The van der Waals surface area contributed by atoms with Crippen LogP contribution in [0.25, 0.3) is 10.9 Å². The molecule has 2 N–H and O–H groups in total. The third-order valence-corrected chi connectivity index (χ3v) is 4.03. The number of aryl methyl sites for hydroxylation is 1. The summed E-state index contributed by atoms with van der Waals surface area (Å²) in [6.07, 6.45) is 1.49. The Balaban J connectivity index is 2.02. The van der Waals surface area contributed by atoms with Crippen LogP contribution in [0.3, 0.4) is 0 Å². The molecule has 3 rings (SSSR count). The first-order valence-electron chi connectivity index (χ1n) is 7.28. The van der Waals surface area contributed by atoms with Crippen molar-refractivity contribution in [3.05, 3.63) is 45.7 Å². The van der Waals surface area contributed by atoms with Crippen molar-refractivity contribution in [2.45, 2.75) is 6.54 Å². The number of nitrogens with two attached hydrogens (primary N) is 1. The van der Waals surface area contributed by atoms with E-state index in [0.29, 0.717) is 5.39 Å². The van der Waals surface area contributed by atoms with Crippen LogP contribution >= 0.6 is 0 Å². The third-order valence-electron chi connectivity index (χ3n) is 4.03. The van der Waals surface area contributed by atoms with Crippen LogP contribution in [0, 0.1) is 0 Å². The predicted molar refractivity (Wildman–Crippen MR) is 83.8 cm³/mol. The van der Waals surface area contributed by atoms with E-state index in [4.69, 9.17) is 10.5 Å². The largest absolute Gasteiger partial charge is 0.379 e. The molecule has 116 valence electrons. The Morgan fingerprint density at radius 2 is 2.05 bits per heavy atom. The number of fused-ring (bicyclic) bond motifs is 1. The van der Waals surface area contributed by atoms with Crippen molar-refractivity contribution in [1.82, 2.24) is 9.47 Å². The van der Waals surface area contributed by atoms with E-state index in [-0.39, 0.29) is 11.0 Å². The molecule has 1 amide bonds. The van der Waals surface area contributed by atoms with Gasteiger partial charge in [0.25, 0.3) is 5.91 Å². The van der Waals surface area contributed by atoms with Crippen LogP contribution < -0.4 is 11.2 Å². The van der Waals surface area contributed by atoms with Crippen LogP contribution in [0.15, 0.2) is 29.2 Å². The molecule has 1 aliphatic rings. The van der Waals surface area contributed by atoms with Gasteiger partial charge >= 0.3 is 0 Å². The number of hydrogen-bond acceptors (Lipinski definition) is 4. The number of pyridine rings is 1. The monoisotopic (exact) mass is 301 g/mol. The average Bonchev–Trinajstić information content (AvgIpc) is 2.51. The van der Waals surface area contributed by atoms with E-state index < -0.39 is 5.91 Å². The Morgan fingerprint density at radius 1 is 1.32 bits per heavy atom. The van der Waals surface area contributed by atoms with Gasteiger partial charge in [0, 0.05) is 38.3 Å². The van der Waals surface area contributed by atoms with Crippen LogP contribution in [0.1, 0.15) is 15.9 Å². The Bertz CT molecular complexity index is 776. The zero-order chi connectivity index (χ0) is 15.7. The predicted octanol–water partition coefficient (Wildman–Crippen LogP) is 0.470. The topological polar surface area (TPSA) is 77.6 Å². The number of amides is 1. The highest BCUT2D eigenvalue weighted by Gasteiger charge is 2.14. The van der Waals surface area contributed by atoms with E-state index in [1.807, 2.05) is 18.2 Å². The Morgan fingerprint density at radius 3 is 2.73 bits per heavy atom. The van der Waals surface area contributed by atoms with Gasteiger partial charge in [0.2, 0.25) is 5.43 Å². The number of rotatable bonds is 3. The molecule has 0 saturated carbocycles. The molecule has 0 atom stereocenters. The van der Waals surface area contributed by atoms with Crippen LogP contribution in [0.2, 0.25) is 0 Å². The van der Waals surface area contributed by atoms with Gasteiger partial charge in [-0.15, -0.1) is 0 Å². The summed E-state index contributed by atoms with van der Waals surface area (Å²) in [4.78, 5) is 26.1. The minimum absolute atomic E-state index is 0.0264. The number of carbonyl (C=O) groups excluding carboxylic acids is 1. The summed E-state index contributed by atoms with van der Waals surface area (Å²) in [5.41, 5.74) is 6.85. The van der Waals surface area contributed by atoms with Crippen LogP contribution in [-0.4, -0.2) is 41.7 Å². The van der Waals surface area contributed by atoms with Gasteiger partial charge in [-0.1, -0.05) is 6.07 Å². The lowest BCUT2D eigenvalue weighted by Gasteiger charge is -2.26. The van der Waals surface area contributed by atoms with Crippen molar-refractivity contribution in [3.63, 3.8) is 0 Å². The maximum absolute atomic E-state index is 12.4. The van der Waals surface area contributed by atoms with Gasteiger partial charge in [-0.3, -0.25) is 14.5 Å². The van der Waals surface area contributed by atoms with E-state index in [2.05, 4.69) is 4.90 Å². The number of primary amides is 1. The molecule has 1 fully saturated rings. The molecule has 0 unspecified atom stereocenters.